The van der Waals surface area contributed by atoms with Crippen LogP contribution < -0.4 is 0 Å². The van der Waals surface area contributed by atoms with Gasteiger partial charge in [-0.15, -0.1) is 0 Å². The normalized spacial score (nSPS) is 17.0. The highest BCUT2D eigenvalue weighted by Gasteiger charge is 2.23. The predicted octanol–water partition coefficient (Wildman–Crippen LogP) is 1.72. The van der Waals surface area contributed by atoms with Crippen molar-refractivity contribution in [2.45, 2.75) is 26.7 Å². The number of amidine groups is 1. The second kappa shape index (κ2) is 3.04. The Morgan fingerprint density at radius 2 is 2.20 bits per heavy atom. The summed E-state index contributed by atoms with van der Waals surface area (Å²) in [6.45, 7) is 6.09. The molecule has 1 aliphatic rings. The summed E-state index contributed by atoms with van der Waals surface area (Å²) in [5.74, 6) is 1.62. The first-order valence-electron chi connectivity index (χ1n) is 4.04. The summed E-state index contributed by atoms with van der Waals surface area (Å²) in [4.78, 5) is 2.14. The van der Waals surface area contributed by atoms with E-state index in [0.29, 0.717) is 0 Å². The van der Waals surface area contributed by atoms with E-state index in [-0.39, 0.29) is 0 Å². The Morgan fingerprint density at radius 1 is 1.60 bits per heavy atom. The van der Waals surface area contributed by atoms with Crippen LogP contribution >= 0.6 is 0 Å². The van der Waals surface area contributed by atoms with Gasteiger partial charge >= 0.3 is 0 Å². The molecule has 0 amide bonds. The van der Waals surface area contributed by atoms with E-state index in [4.69, 9.17) is 5.41 Å². The third-order valence-electron chi connectivity index (χ3n) is 2.03. The molecular weight excluding hydrogens is 124 g/mol. The minimum Gasteiger partial charge on any atom is -0.361 e. The molecule has 0 heterocycles. The number of nitrogens with one attached hydrogen (secondary N) is 1. The van der Waals surface area contributed by atoms with Crippen molar-refractivity contribution in [2.75, 3.05) is 13.1 Å². The van der Waals surface area contributed by atoms with E-state index < -0.39 is 0 Å². The zero-order chi connectivity index (χ0) is 7.56. The highest BCUT2D eigenvalue weighted by Crippen LogP contribution is 2.29. The van der Waals surface area contributed by atoms with E-state index in [2.05, 4.69) is 11.8 Å². The van der Waals surface area contributed by atoms with Crippen LogP contribution in [0, 0.1) is 11.3 Å². The molecule has 1 rings (SSSR count). The first-order valence-corrected chi connectivity index (χ1v) is 4.04. The van der Waals surface area contributed by atoms with Crippen molar-refractivity contribution in [1.29, 1.82) is 5.41 Å². The summed E-state index contributed by atoms with van der Waals surface area (Å²) in [5, 5.41) is 7.40. The number of hydrogen-bond acceptors (Lipinski definition) is 1. The van der Waals surface area contributed by atoms with Crippen molar-refractivity contribution in [3.05, 3.63) is 0 Å². The van der Waals surface area contributed by atoms with E-state index in [9.17, 15) is 0 Å². The van der Waals surface area contributed by atoms with Gasteiger partial charge in [0.2, 0.25) is 0 Å². The third-order valence-corrected chi connectivity index (χ3v) is 2.03. The molecule has 10 heavy (non-hydrogen) atoms. The molecule has 0 bridgehead atoms. The Hall–Kier alpha value is -0.530. The van der Waals surface area contributed by atoms with Gasteiger partial charge in [0.05, 0.1) is 5.84 Å². The fourth-order valence-electron chi connectivity index (χ4n) is 1.12. The summed E-state index contributed by atoms with van der Waals surface area (Å²) in [6, 6.07) is 0. The lowest BCUT2D eigenvalue weighted by atomic mass is 10.3. The molecule has 2 nitrogen and oxygen atoms in total. The van der Waals surface area contributed by atoms with Gasteiger partial charge < -0.3 is 4.90 Å². The maximum Gasteiger partial charge on any atom is 0.0925 e. The summed E-state index contributed by atoms with van der Waals surface area (Å²) < 4.78 is 0. The molecule has 1 N–H and O–H groups in total. The van der Waals surface area contributed by atoms with E-state index in [1.165, 1.54) is 12.8 Å². The van der Waals surface area contributed by atoms with Crippen LogP contribution in [0.25, 0.3) is 0 Å². The molecular formula is C8H16N2. The number of rotatable bonds is 3. The zero-order valence-corrected chi connectivity index (χ0v) is 6.85. The van der Waals surface area contributed by atoms with Gasteiger partial charge in [0.15, 0.2) is 0 Å². The standard InChI is InChI=1S/C8H16N2/c1-3-10(7(2)9)6-8-4-5-8/h8-9H,3-6H2,1-2H3. The molecule has 2 heteroatoms. The Balaban J connectivity index is 2.24. The summed E-state index contributed by atoms with van der Waals surface area (Å²) >= 11 is 0. The molecule has 1 saturated carbocycles. The SMILES string of the molecule is CCN(CC1CC1)C(C)=N. The van der Waals surface area contributed by atoms with Crippen LogP contribution in [0.5, 0.6) is 0 Å². The van der Waals surface area contributed by atoms with Crippen LogP contribution in [0.1, 0.15) is 26.7 Å². The minimum atomic E-state index is 0.717. The van der Waals surface area contributed by atoms with Gasteiger partial charge in [0.1, 0.15) is 0 Å². The van der Waals surface area contributed by atoms with Crippen molar-refractivity contribution in [2.24, 2.45) is 5.92 Å². The average Bonchev–Trinajstić information content (AvgIpc) is 2.64. The maximum absolute atomic E-state index is 7.40. The quantitative estimate of drug-likeness (QED) is 0.469. The average molecular weight is 140 g/mol. The van der Waals surface area contributed by atoms with Gasteiger partial charge in [-0.2, -0.15) is 0 Å². The fraction of sp³-hybridized carbons (Fsp3) is 0.875. The molecule has 0 saturated heterocycles. The van der Waals surface area contributed by atoms with Gasteiger partial charge in [-0.3, -0.25) is 5.41 Å². The first kappa shape index (κ1) is 7.58. The van der Waals surface area contributed by atoms with Crippen LogP contribution in [-0.4, -0.2) is 23.8 Å². The molecule has 1 aliphatic carbocycles. The predicted molar refractivity (Wildman–Crippen MR) is 43.4 cm³/mol. The van der Waals surface area contributed by atoms with E-state index in [1.54, 1.807) is 0 Å². The largest absolute Gasteiger partial charge is 0.361 e. The molecule has 0 aromatic carbocycles. The number of hydrogen-bond donors (Lipinski definition) is 1. The van der Waals surface area contributed by atoms with Crippen molar-refractivity contribution in [1.82, 2.24) is 4.90 Å². The lowest BCUT2D eigenvalue weighted by Crippen LogP contribution is -2.29. The monoisotopic (exact) mass is 140 g/mol. The molecule has 0 aromatic heterocycles. The van der Waals surface area contributed by atoms with Crippen LogP contribution in [0.2, 0.25) is 0 Å². The van der Waals surface area contributed by atoms with Crippen LogP contribution in [0.3, 0.4) is 0 Å². The first-order chi connectivity index (χ1) is 4.74. The summed E-state index contributed by atoms with van der Waals surface area (Å²) in [5.41, 5.74) is 0. The molecule has 0 atom stereocenters. The van der Waals surface area contributed by atoms with Gasteiger partial charge in [0, 0.05) is 13.1 Å². The number of nitrogens with zero attached hydrogens (tertiary/aromatic N) is 1. The highest BCUT2D eigenvalue weighted by atomic mass is 15.2. The van der Waals surface area contributed by atoms with Crippen molar-refractivity contribution < 1.29 is 0 Å². The summed E-state index contributed by atoms with van der Waals surface area (Å²) in [6.07, 6.45) is 2.76. The Labute approximate surface area is 62.7 Å². The van der Waals surface area contributed by atoms with Crippen molar-refractivity contribution >= 4 is 5.84 Å². The lowest BCUT2D eigenvalue weighted by Gasteiger charge is -2.20. The third kappa shape index (κ3) is 2.01. The Morgan fingerprint density at radius 3 is 2.50 bits per heavy atom. The topological polar surface area (TPSA) is 27.1 Å². The highest BCUT2D eigenvalue weighted by molar-refractivity contribution is 5.76. The Bertz CT molecular complexity index is 127. The van der Waals surface area contributed by atoms with Gasteiger partial charge in [-0.05, 0) is 32.6 Å². The molecule has 0 aromatic rings. The van der Waals surface area contributed by atoms with Gasteiger partial charge in [-0.1, -0.05) is 0 Å². The van der Waals surface area contributed by atoms with E-state index in [0.717, 1.165) is 24.8 Å². The van der Waals surface area contributed by atoms with E-state index in [1.807, 2.05) is 6.92 Å². The van der Waals surface area contributed by atoms with Gasteiger partial charge in [0.25, 0.3) is 0 Å². The molecule has 0 spiro atoms. The summed E-state index contributed by atoms with van der Waals surface area (Å²) in [7, 11) is 0. The molecule has 58 valence electrons. The van der Waals surface area contributed by atoms with Crippen LogP contribution in [-0.2, 0) is 0 Å². The molecule has 1 fully saturated rings. The van der Waals surface area contributed by atoms with Crippen LogP contribution in [0.15, 0.2) is 0 Å². The second-order valence-electron chi connectivity index (χ2n) is 3.07. The van der Waals surface area contributed by atoms with E-state index >= 15 is 0 Å². The van der Waals surface area contributed by atoms with Crippen molar-refractivity contribution in [3.8, 4) is 0 Å². The fourth-order valence-corrected chi connectivity index (χ4v) is 1.12. The van der Waals surface area contributed by atoms with Gasteiger partial charge in [-0.25, -0.2) is 0 Å². The second-order valence-corrected chi connectivity index (χ2v) is 3.07. The van der Waals surface area contributed by atoms with Crippen LogP contribution in [0.4, 0.5) is 0 Å². The Kier molecular flexibility index (Phi) is 2.30. The molecule has 0 radical (unpaired) electrons. The molecule has 0 unspecified atom stereocenters. The lowest BCUT2D eigenvalue weighted by molar-refractivity contribution is 0.415. The maximum atomic E-state index is 7.40. The smallest absolute Gasteiger partial charge is 0.0925 e. The minimum absolute atomic E-state index is 0.717. The van der Waals surface area contributed by atoms with Crippen molar-refractivity contribution in [3.63, 3.8) is 0 Å². The zero-order valence-electron chi connectivity index (χ0n) is 6.85. The molecule has 0 aliphatic heterocycles.